The Morgan fingerprint density at radius 3 is 2.71 bits per heavy atom. The van der Waals surface area contributed by atoms with Gasteiger partial charge < -0.3 is 5.11 Å². The van der Waals surface area contributed by atoms with Crippen LogP contribution in [0.3, 0.4) is 0 Å². The van der Waals surface area contributed by atoms with E-state index in [9.17, 15) is 5.11 Å². The van der Waals surface area contributed by atoms with E-state index >= 15 is 0 Å². The third kappa shape index (κ3) is 1.93. The molecule has 1 aliphatic rings. The Balaban J connectivity index is 2.04. The molecule has 0 aliphatic heterocycles. The number of para-hydroxylation sites is 1. The minimum Gasteiger partial charge on any atom is -0.388 e. The van der Waals surface area contributed by atoms with E-state index < -0.39 is 0 Å². The first-order valence-corrected chi connectivity index (χ1v) is 6.38. The van der Waals surface area contributed by atoms with Crippen LogP contribution >= 0.6 is 0 Å². The van der Waals surface area contributed by atoms with Crippen molar-refractivity contribution in [2.45, 2.75) is 31.8 Å². The Bertz CT molecular complexity index is 512. The predicted octanol–water partition coefficient (Wildman–Crippen LogP) is 3.46. The predicted molar refractivity (Wildman–Crippen MR) is 68.7 cm³/mol. The fraction of sp³-hybridized carbons (Fsp3) is 0.400. The molecule has 1 aromatic heterocycles. The molecule has 2 heteroatoms. The van der Waals surface area contributed by atoms with Gasteiger partial charge in [-0.3, -0.25) is 4.98 Å². The molecule has 1 N–H and O–H groups in total. The lowest BCUT2D eigenvalue weighted by atomic mass is 9.92. The second-order valence-corrected chi connectivity index (χ2v) is 4.91. The normalized spacial score (nSPS) is 18.6. The van der Waals surface area contributed by atoms with Gasteiger partial charge in [0.05, 0.1) is 11.6 Å². The van der Waals surface area contributed by atoms with E-state index in [-0.39, 0.29) is 6.10 Å². The number of hydrogen-bond acceptors (Lipinski definition) is 2. The van der Waals surface area contributed by atoms with Crippen molar-refractivity contribution in [1.82, 2.24) is 4.98 Å². The molecule has 0 bridgehead atoms. The van der Waals surface area contributed by atoms with Crippen LogP contribution in [-0.2, 0) is 0 Å². The summed E-state index contributed by atoms with van der Waals surface area (Å²) in [5.74, 6) is 0.431. The first kappa shape index (κ1) is 10.7. The number of fused-ring (bicyclic) bond motifs is 1. The summed E-state index contributed by atoms with van der Waals surface area (Å²) in [6.45, 7) is 0. The number of aromatic nitrogens is 1. The summed E-state index contributed by atoms with van der Waals surface area (Å²) in [5.41, 5.74) is 2.02. The molecule has 2 aromatic rings. The van der Waals surface area contributed by atoms with Crippen LogP contribution in [0.1, 0.15) is 37.4 Å². The molecule has 1 unspecified atom stereocenters. The van der Waals surface area contributed by atoms with Crippen molar-refractivity contribution in [3.63, 3.8) is 0 Å². The van der Waals surface area contributed by atoms with Crippen LogP contribution in [0.5, 0.6) is 0 Å². The number of aliphatic hydroxyl groups excluding tert-OH is 1. The Kier molecular flexibility index (Phi) is 2.81. The van der Waals surface area contributed by atoms with Gasteiger partial charge in [0.2, 0.25) is 0 Å². The number of benzene rings is 1. The Morgan fingerprint density at radius 2 is 1.88 bits per heavy atom. The van der Waals surface area contributed by atoms with Gasteiger partial charge in [-0.1, -0.05) is 31.0 Å². The maximum absolute atomic E-state index is 10.5. The lowest BCUT2D eigenvalue weighted by Crippen LogP contribution is -2.09. The average molecular weight is 227 g/mol. The molecule has 17 heavy (non-hydrogen) atoms. The Hall–Kier alpha value is -1.41. The van der Waals surface area contributed by atoms with Crippen molar-refractivity contribution in [1.29, 1.82) is 0 Å². The van der Waals surface area contributed by atoms with Crippen molar-refractivity contribution >= 4 is 10.9 Å². The minimum absolute atomic E-state index is 0.328. The topological polar surface area (TPSA) is 33.1 Å². The van der Waals surface area contributed by atoms with E-state index in [1.54, 1.807) is 6.20 Å². The molecular weight excluding hydrogens is 210 g/mol. The third-order valence-corrected chi connectivity index (χ3v) is 3.85. The monoisotopic (exact) mass is 227 g/mol. The summed E-state index contributed by atoms with van der Waals surface area (Å²) in [6, 6.07) is 10.0. The van der Waals surface area contributed by atoms with E-state index in [1.165, 1.54) is 12.8 Å². The number of rotatable bonds is 2. The van der Waals surface area contributed by atoms with Gasteiger partial charge in [-0.05, 0) is 36.5 Å². The molecule has 1 heterocycles. The zero-order valence-corrected chi connectivity index (χ0v) is 9.84. The fourth-order valence-electron chi connectivity index (χ4n) is 2.90. The second kappa shape index (κ2) is 4.46. The maximum atomic E-state index is 10.5. The molecule has 0 spiro atoms. The zero-order valence-electron chi connectivity index (χ0n) is 9.84. The summed E-state index contributed by atoms with van der Waals surface area (Å²) in [4.78, 5) is 4.34. The molecule has 1 aliphatic carbocycles. The van der Waals surface area contributed by atoms with E-state index in [4.69, 9.17) is 0 Å². The van der Waals surface area contributed by atoms with Crippen molar-refractivity contribution in [2.75, 3.05) is 0 Å². The summed E-state index contributed by atoms with van der Waals surface area (Å²) in [6.07, 6.45) is 6.28. The Labute approximate surface area is 101 Å². The van der Waals surface area contributed by atoms with Crippen LogP contribution in [0, 0.1) is 5.92 Å². The minimum atomic E-state index is -0.328. The maximum Gasteiger partial charge on any atom is 0.0825 e. The van der Waals surface area contributed by atoms with Gasteiger partial charge in [-0.25, -0.2) is 0 Å². The molecule has 1 aromatic carbocycles. The summed E-state index contributed by atoms with van der Waals surface area (Å²) >= 11 is 0. The molecule has 88 valence electrons. The SMILES string of the molecule is OC(c1ccnc2ccccc12)C1CCCC1. The number of pyridine rings is 1. The third-order valence-electron chi connectivity index (χ3n) is 3.85. The lowest BCUT2D eigenvalue weighted by Gasteiger charge is -2.19. The Morgan fingerprint density at radius 1 is 1.12 bits per heavy atom. The number of hydrogen-bond donors (Lipinski definition) is 1. The largest absolute Gasteiger partial charge is 0.388 e. The molecular formula is C15H17NO. The van der Waals surface area contributed by atoms with Crippen LogP contribution in [-0.4, -0.2) is 10.1 Å². The van der Waals surface area contributed by atoms with Crippen LogP contribution in [0.2, 0.25) is 0 Å². The van der Waals surface area contributed by atoms with Crippen molar-refractivity contribution in [3.8, 4) is 0 Å². The smallest absolute Gasteiger partial charge is 0.0825 e. The molecule has 2 nitrogen and oxygen atoms in total. The van der Waals surface area contributed by atoms with Crippen molar-refractivity contribution < 1.29 is 5.11 Å². The summed E-state index contributed by atoms with van der Waals surface area (Å²) in [5, 5.41) is 11.6. The van der Waals surface area contributed by atoms with E-state index in [0.29, 0.717) is 5.92 Å². The van der Waals surface area contributed by atoms with Gasteiger partial charge >= 0.3 is 0 Å². The van der Waals surface area contributed by atoms with Crippen molar-refractivity contribution in [2.24, 2.45) is 5.92 Å². The first-order valence-electron chi connectivity index (χ1n) is 6.38. The number of nitrogens with zero attached hydrogens (tertiary/aromatic N) is 1. The van der Waals surface area contributed by atoms with E-state index in [0.717, 1.165) is 29.3 Å². The van der Waals surface area contributed by atoms with Gasteiger partial charge in [0.25, 0.3) is 0 Å². The van der Waals surface area contributed by atoms with Crippen LogP contribution < -0.4 is 0 Å². The van der Waals surface area contributed by atoms with Crippen molar-refractivity contribution in [3.05, 3.63) is 42.1 Å². The van der Waals surface area contributed by atoms with Gasteiger partial charge in [0.1, 0.15) is 0 Å². The van der Waals surface area contributed by atoms with Gasteiger partial charge in [-0.2, -0.15) is 0 Å². The lowest BCUT2D eigenvalue weighted by molar-refractivity contribution is 0.113. The number of aliphatic hydroxyl groups is 1. The van der Waals surface area contributed by atoms with Gasteiger partial charge in [0.15, 0.2) is 0 Å². The average Bonchev–Trinajstić information content (AvgIpc) is 2.91. The summed E-state index contributed by atoms with van der Waals surface area (Å²) in [7, 11) is 0. The quantitative estimate of drug-likeness (QED) is 0.852. The van der Waals surface area contributed by atoms with Crippen LogP contribution in [0.4, 0.5) is 0 Å². The highest BCUT2D eigenvalue weighted by Gasteiger charge is 2.25. The highest BCUT2D eigenvalue weighted by atomic mass is 16.3. The molecule has 3 rings (SSSR count). The second-order valence-electron chi connectivity index (χ2n) is 4.91. The summed E-state index contributed by atoms with van der Waals surface area (Å²) < 4.78 is 0. The van der Waals surface area contributed by atoms with Gasteiger partial charge in [-0.15, -0.1) is 0 Å². The molecule has 1 saturated carbocycles. The van der Waals surface area contributed by atoms with Crippen LogP contribution in [0.25, 0.3) is 10.9 Å². The molecule has 0 amide bonds. The molecule has 0 saturated heterocycles. The van der Waals surface area contributed by atoms with Crippen LogP contribution in [0.15, 0.2) is 36.5 Å². The fourth-order valence-corrected chi connectivity index (χ4v) is 2.90. The van der Waals surface area contributed by atoms with E-state index in [2.05, 4.69) is 11.1 Å². The highest BCUT2D eigenvalue weighted by molar-refractivity contribution is 5.82. The molecule has 1 atom stereocenters. The standard InChI is InChI=1S/C15H17NO/c17-15(11-5-1-2-6-11)13-9-10-16-14-8-4-3-7-12(13)14/h3-4,7-11,15,17H,1-2,5-6H2. The first-order chi connectivity index (χ1) is 8.36. The molecule has 1 fully saturated rings. The van der Waals surface area contributed by atoms with E-state index in [1.807, 2.05) is 24.3 Å². The van der Waals surface area contributed by atoms with Gasteiger partial charge in [0, 0.05) is 11.6 Å². The molecule has 0 radical (unpaired) electrons. The highest BCUT2D eigenvalue weighted by Crippen LogP contribution is 2.37. The zero-order chi connectivity index (χ0) is 11.7.